The quantitative estimate of drug-likeness (QED) is 0.720. The van der Waals surface area contributed by atoms with Crippen LogP contribution in [0.15, 0.2) is 41.0 Å². The lowest BCUT2D eigenvalue weighted by atomic mass is 10.0. The van der Waals surface area contributed by atoms with Gasteiger partial charge in [0, 0.05) is 12.7 Å². The highest BCUT2D eigenvalue weighted by molar-refractivity contribution is 6.34. The Labute approximate surface area is 156 Å². The first kappa shape index (κ1) is 19.5. The largest absolute Gasteiger partial charge is 0.459 e. The van der Waals surface area contributed by atoms with Crippen LogP contribution in [-0.4, -0.2) is 30.8 Å². The maximum Gasteiger partial charge on any atom is 0.287 e. The molecule has 3 amide bonds. The molecule has 0 radical (unpaired) electrons. The normalized spacial score (nSPS) is 11.7. The summed E-state index contributed by atoms with van der Waals surface area (Å²) in [7, 11) is 1.49. The number of nitrogens with one attached hydrogen (secondary N) is 3. The molecule has 2 rings (SSSR count). The van der Waals surface area contributed by atoms with Gasteiger partial charge in [-0.05, 0) is 36.2 Å². The molecule has 0 saturated heterocycles. The fraction of sp³-hybridized carbons (Fsp3) is 0.278. The van der Waals surface area contributed by atoms with E-state index in [1.165, 1.54) is 31.5 Å². The number of benzene rings is 1. The van der Waals surface area contributed by atoms with Crippen molar-refractivity contribution in [2.75, 3.05) is 12.4 Å². The van der Waals surface area contributed by atoms with E-state index in [1.807, 2.05) is 13.8 Å². The summed E-state index contributed by atoms with van der Waals surface area (Å²) in [4.78, 5) is 36.6. The van der Waals surface area contributed by atoms with Crippen LogP contribution in [0.4, 0.5) is 5.69 Å². The van der Waals surface area contributed by atoms with Gasteiger partial charge in [-0.3, -0.25) is 14.4 Å². The first-order valence-electron chi connectivity index (χ1n) is 8.00. The van der Waals surface area contributed by atoms with Gasteiger partial charge in [0.15, 0.2) is 5.76 Å². The van der Waals surface area contributed by atoms with Gasteiger partial charge in [-0.25, -0.2) is 0 Å². The van der Waals surface area contributed by atoms with Crippen LogP contribution in [0.2, 0.25) is 5.02 Å². The van der Waals surface area contributed by atoms with Gasteiger partial charge in [-0.15, -0.1) is 0 Å². The molecular formula is C18H20ClN3O4. The number of hydrogen-bond donors (Lipinski definition) is 3. The summed E-state index contributed by atoms with van der Waals surface area (Å²) >= 11 is 6.00. The molecule has 0 saturated carbocycles. The van der Waals surface area contributed by atoms with E-state index in [4.69, 9.17) is 16.0 Å². The van der Waals surface area contributed by atoms with Gasteiger partial charge in [0.05, 0.1) is 16.8 Å². The second-order valence-corrected chi connectivity index (χ2v) is 6.34. The van der Waals surface area contributed by atoms with E-state index < -0.39 is 17.9 Å². The molecule has 7 nitrogen and oxygen atoms in total. The molecule has 0 aliphatic rings. The minimum absolute atomic E-state index is 0.122. The number of hydrogen-bond acceptors (Lipinski definition) is 4. The van der Waals surface area contributed by atoms with Gasteiger partial charge in [-0.1, -0.05) is 25.4 Å². The molecule has 138 valence electrons. The molecule has 0 unspecified atom stereocenters. The highest BCUT2D eigenvalue weighted by atomic mass is 35.5. The summed E-state index contributed by atoms with van der Waals surface area (Å²) < 4.78 is 5.04. The lowest BCUT2D eigenvalue weighted by molar-refractivity contribution is -0.118. The summed E-state index contributed by atoms with van der Waals surface area (Å²) in [6.45, 7) is 3.62. The third kappa shape index (κ3) is 4.64. The maximum absolute atomic E-state index is 12.6. The summed E-state index contributed by atoms with van der Waals surface area (Å²) in [6.07, 6.45) is 1.38. The Morgan fingerprint density at radius 2 is 1.85 bits per heavy atom. The van der Waals surface area contributed by atoms with Crippen LogP contribution in [0.3, 0.4) is 0 Å². The first-order chi connectivity index (χ1) is 12.3. The van der Waals surface area contributed by atoms with Gasteiger partial charge in [-0.2, -0.15) is 0 Å². The maximum atomic E-state index is 12.6. The van der Waals surface area contributed by atoms with Gasteiger partial charge in [0.1, 0.15) is 6.04 Å². The van der Waals surface area contributed by atoms with Crippen LogP contribution in [0, 0.1) is 5.92 Å². The van der Waals surface area contributed by atoms with E-state index in [-0.39, 0.29) is 28.2 Å². The fourth-order valence-electron chi connectivity index (χ4n) is 2.29. The number of rotatable bonds is 6. The Morgan fingerprint density at radius 3 is 2.42 bits per heavy atom. The Kier molecular flexibility index (Phi) is 6.41. The first-order valence-corrected chi connectivity index (χ1v) is 8.38. The average molecular weight is 378 g/mol. The van der Waals surface area contributed by atoms with Gasteiger partial charge >= 0.3 is 0 Å². The van der Waals surface area contributed by atoms with Crippen LogP contribution in [0.1, 0.15) is 34.8 Å². The summed E-state index contributed by atoms with van der Waals surface area (Å²) in [5.74, 6) is -1.30. The lowest BCUT2D eigenvalue weighted by Gasteiger charge is -2.21. The fourth-order valence-corrected chi connectivity index (χ4v) is 2.49. The molecule has 0 spiro atoms. The van der Waals surface area contributed by atoms with E-state index in [0.29, 0.717) is 5.69 Å². The van der Waals surface area contributed by atoms with E-state index in [0.717, 1.165) is 0 Å². The molecule has 1 aromatic carbocycles. The molecule has 0 fully saturated rings. The Morgan fingerprint density at radius 1 is 1.12 bits per heavy atom. The van der Waals surface area contributed by atoms with Crippen molar-refractivity contribution in [2.24, 2.45) is 5.92 Å². The highest BCUT2D eigenvalue weighted by Crippen LogP contribution is 2.21. The molecule has 0 aliphatic carbocycles. The Bertz CT molecular complexity index is 803. The molecule has 1 heterocycles. The van der Waals surface area contributed by atoms with E-state index in [9.17, 15) is 14.4 Å². The van der Waals surface area contributed by atoms with Crippen LogP contribution >= 0.6 is 11.6 Å². The van der Waals surface area contributed by atoms with Crippen molar-refractivity contribution in [3.05, 3.63) is 52.9 Å². The van der Waals surface area contributed by atoms with E-state index >= 15 is 0 Å². The minimum Gasteiger partial charge on any atom is -0.459 e. The number of anilines is 1. The van der Waals surface area contributed by atoms with Crippen LogP contribution in [0.5, 0.6) is 0 Å². The third-order valence-corrected chi connectivity index (χ3v) is 4.02. The number of carbonyl (C=O) groups excluding carboxylic acids is 3. The summed E-state index contributed by atoms with van der Waals surface area (Å²) in [5, 5.41) is 8.10. The second-order valence-electron chi connectivity index (χ2n) is 5.94. The number of carbonyl (C=O) groups is 3. The van der Waals surface area contributed by atoms with Crippen molar-refractivity contribution >= 4 is 35.0 Å². The van der Waals surface area contributed by atoms with Crippen molar-refractivity contribution in [2.45, 2.75) is 19.9 Å². The van der Waals surface area contributed by atoms with Crippen molar-refractivity contribution < 1.29 is 18.8 Å². The SMILES string of the molecule is CNC(=O)c1cc(NC(=O)[C@H](NC(=O)c2ccco2)C(C)C)ccc1Cl. The molecule has 1 atom stereocenters. The Balaban J connectivity index is 2.15. The topological polar surface area (TPSA) is 100 Å². The number of amides is 3. The zero-order valence-corrected chi connectivity index (χ0v) is 15.4. The molecule has 0 aliphatic heterocycles. The highest BCUT2D eigenvalue weighted by Gasteiger charge is 2.26. The molecule has 0 bridgehead atoms. The van der Waals surface area contributed by atoms with E-state index in [1.54, 1.807) is 12.1 Å². The second kappa shape index (κ2) is 8.53. The standard InChI is InChI=1S/C18H20ClN3O4/c1-10(2)15(22-17(24)14-5-4-8-26-14)18(25)21-11-6-7-13(19)12(9-11)16(23)20-3/h4-10,15H,1-3H3,(H,20,23)(H,21,25)(H,22,24)/t15-/m1/s1. The zero-order chi connectivity index (χ0) is 19.3. The van der Waals surface area contributed by atoms with Gasteiger partial charge in [0.25, 0.3) is 11.8 Å². The monoisotopic (exact) mass is 377 g/mol. The van der Waals surface area contributed by atoms with Crippen LogP contribution in [-0.2, 0) is 4.79 Å². The number of halogens is 1. The lowest BCUT2D eigenvalue weighted by Crippen LogP contribution is -2.47. The van der Waals surface area contributed by atoms with Crippen LogP contribution in [0.25, 0.3) is 0 Å². The van der Waals surface area contributed by atoms with E-state index in [2.05, 4.69) is 16.0 Å². The molecule has 26 heavy (non-hydrogen) atoms. The summed E-state index contributed by atoms with van der Waals surface area (Å²) in [5.41, 5.74) is 0.642. The smallest absolute Gasteiger partial charge is 0.287 e. The predicted octanol–water partition coefficient (Wildman–Crippen LogP) is 2.69. The third-order valence-electron chi connectivity index (χ3n) is 3.69. The Hall–Kier alpha value is -2.80. The van der Waals surface area contributed by atoms with Crippen molar-refractivity contribution in [3.8, 4) is 0 Å². The predicted molar refractivity (Wildman–Crippen MR) is 98.3 cm³/mol. The molecule has 3 N–H and O–H groups in total. The van der Waals surface area contributed by atoms with Crippen LogP contribution < -0.4 is 16.0 Å². The van der Waals surface area contributed by atoms with Crippen molar-refractivity contribution in [1.82, 2.24) is 10.6 Å². The number of furan rings is 1. The zero-order valence-electron chi connectivity index (χ0n) is 14.6. The molecular weight excluding hydrogens is 358 g/mol. The molecule has 1 aromatic heterocycles. The molecule has 2 aromatic rings. The molecule has 8 heteroatoms. The average Bonchev–Trinajstić information content (AvgIpc) is 3.14. The van der Waals surface area contributed by atoms with Gasteiger partial charge < -0.3 is 20.4 Å². The van der Waals surface area contributed by atoms with Crippen molar-refractivity contribution in [3.63, 3.8) is 0 Å². The minimum atomic E-state index is -0.785. The van der Waals surface area contributed by atoms with Crippen molar-refractivity contribution in [1.29, 1.82) is 0 Å². The summed E-state index contributed by atoms with van der Waals surface area (Å²) in [6, 6.07) is 6.90. The van der Waals surface area contributed by atoms with Gasteiger partial charge in [0.2, 0.25) is 5.91 Å².